The van der Waals surface area contributed by atoms with E-state index in [1.165, 1.54) is 0 Å². The minimum absolute atomic E-state index is 0.0780. The van der Waals surface area contributed by atoms with Crippen molar-refractivity contribution in [3.05, 3.63) is 52.0 Å². The van der Waals surface area contributed by atoms with Gasteiger partial charge in [-0.2, -0.15) is 0 Å². The van der Waals surface area contributed by atoms with Gasteiger partial charge in [0.1, 0.15) is 0 Å². The Morgan fingerprint density at radius 1 is 1.15 bits per heavy atom. The van der Waals surface area contributed by atoms with Gasteiger partial charge in [-0.1, -0.05) is 41.4 Å². The van der Waals surface area contributed by atoms with Crippen LogP contribution >= 0.6 is 35.4 Å². The average molecular weight is 327 g/mol. The Balaban J connectivity index is 2.16. The number of benzene rings is 2. The zero-order valence-electron chi connectivity index (χ0n) is 10.6. The summed E-state index contributed by atoms with van der Waals surface area (Å²) < 4.78 is 0. The summed E-state index contributed by atoms with van der Waals surface area (Å²) in [5, 5.41) is 16.8. The highest BCUT2D eigenvalue weighted by atomic mass is 35.5. The van der Waals surface area contributed by atoms with Gasteiger partial charge in [0.15, 0.2) is 10.9 Å². The van der Waals surface area contributed by atoms with Gasteiger partial charge in [-0.25, -0.2) is 0 Å². The molecule has 0 saturated carbocycles. The van der Waals surface area contributed by atoms with Crippen LogP contribution in [-0.2, 0) is 0 Å². The highest BCUT2D eigenvalue weighted by Gasteiger charge is 2.13. The maximum Gasteiger partial charge on any atom is 0.175 e. The highest BCUT2D eigenvalue weighted by Crippen LogP contribution is 2.38. The Morgan fingerprint density at radius 3 is 2.45 bits per heavy atom. The van der Waals surface area contributed by atoms with Crippen LogP contribution in [0.25, 0.3) is 0 Å². The van der Waals surface area contributed by atoms with Crippen molar-refractivity contribution in [2.75, 3.05) is 10.6 Å². The zero-order valence-corrected chi connectivity index (χ0v) is 12.9. The Labute approximate surface area is 132 Å². The van der Waals surface area contributed by atoms with Crippen LogP contribution in [0.4, 0.5) is 11.4 Å². The number of hydrogen-bond acceptors (Lipinski definition) is 2. The van der Waals surface area contributed by atoms with Gasteiger partial charge in [0, 0.05) is 10.7 Å². The SMILES string of the molecule is Cc1c(Cl)cc(NC(=S)Nc2ccccc2)c(O)c1Cl. The summed E-state index contributed by atoms with van der Waals surface area (Å²) in [5.41, 5.74) is 1.83. The van der Waals surface area contributed by atoms with Crippen molar-refractivity contribution in [3.63, 3.8) is 0 Å². The van der Waals surface area contributed by atoms with Crippen molar-refractivity contribution in [1.29, 1.82) is 0 Å². The number of aromatic hydroxyl groups is 1. The molecule has 0 bridgehead atoms. The van der Waals surface area contributed by atoms with E-state index in [1.54, 1.807) is 13.0 Å². The lowest BCUT2D eigenvalue weighted by Crippen LogP contribution is -2.19. The molecule has 0 radical (unpaired) electrons. The first-order valence-corrected chi connectivity index (χ1v) is 6.96. The van der Waals surface area contributed by atoms with Gasteiger partial charge in [0.05, 0.1) is 10.7 Å². The van der Waals surface area contributed by atoms with E-state index in [0.717, 1.165) is 5.69 Å². The van der Waals surface area contributed by atoms with Crippen LogP contribution in [0, 0.1) is 6.92 Å². The molecule has 0 aromatic heterocycles. The summed E-state index contributed by atoms with van der Waals surface area (Å²) in [6.07, 6.45) is 0. The van der Waals surface area contributed by atoms with Gasteiger partial charge in [-0.3, -0.25) is 0 Å². The second-order valence-electron chi connectivity index (χ2n) is 4.14. The molecule has 20 heavy (non-hydrogen) atoms. The van der Waals surface area contributed by atoms with Crippen molar-refractivity contribution in [3.8, 4) is 5.75 Å². The van der Waals surface area contributed by atoms with Crippen LogP contribution in [0.3, 0.4) is 0 Å². The normalized spacial score (nSPS) is 10.2. The van der Waals surface area contributed by atoms with Gasteiger partial charge in [-0.05, 0) is 42.9 Å². The number of halogens is 2. The minimum Gasteiger partial charge on any atom is -0.504 e. The fourth-order valence-electron chi connectivity index (χ4n) is 1.61. The molecule has 0 aliphatic rings. The number of rotatable bonds is 2. The second-order valence-corrected chi connectivity index (χ2v) is 5.33. The number of phenols is 1. The fraction of sp³-hybridized carbons (Fsp3) is 0.0714. The maximum atomic E-state index is 9.98. The zero-order chi connectivity index (χ0) is 14.7. The molecular formula is C14H12Cl2N2OS. The molecule has 2 aromatic rings. The van der Waals surface area contributed by atoms with Gasteiger partial charge in [0.25, 0.3) is 0 Å². The summed E-state index contributed by atoms with van der Waals surface area (Å²) in [4.78, 5) is 0. The molecule has 6 heteroatoms. The smallest absolute Gasteiger partial charge is 0.175 e. The third-order valence-corrected chi connectivity index (χ3v) is 3.76. The Bertz CT molecular complexity index is 647. The quantitative estimate of drug-likeness (QED) is 0.547. The van der Waals surface area contributed by atoms with Crippen LogP contribution in [0.1, 0.15) is 5.56 Å². The molecule has 0 fully saturated rings. The topological polar surface area (TPSA) is 44.3 Å². The number of hydrogen-bond donors (Lipinski definition) is 3. The molecule has 0 saturated heterocycles. The number of thiocarbonyl (C=S) groups is 1. The molecule has 2 rings (SSSR count). The van der Waals surface area contributed by atoms with Crippen LogP contribution in [-0.4, -0.2) is 10.2 Å². The minimum atomic E-state index is -0.0780. The summed E-state index contributed by atoms with van der Waals surface area (Å²) in [5.74, 6) is -0.0780. The standard InChI is InChI=1S/C14H12Cl2N2OS/c1-8-10(15)7-11(13(19)12(8)16)18-14(20)17-9-5-3-2-4-6-9/h2-7,19H,1H3,(H2,17,18,20). The van der Waals surface area contributed by atoms with Crippen molar-refractivity contribution in [2.45, 2.75) is 6.92 Å². The monoisotopic (exact) mass is 326 g/mol. The molecule has 0 aliphatic carbocycles. The Hall–Kier alpha value is -1.49. The molecule has 0 amide bonds. The second kappa shape index (κ2) is 6.31. The average Bonchev–Trinajstić information content (AvgIpc) is 2.43. The molecule has 3 nitrogen and oxygen atoms in total. The molecule has 0 heterocycles. The third kappa shape index (κ3) is 3.33. The maximum absolute atomic E-state index is 9.98. The number of anilines is 2. The van der Waals surface area contributed by atoms with E-state index in [-0.39, 0.29) is 10.8 Å². The van der Waals surface area contributed by atoms with Crippen LogP contribution in [0.15, 0.2) is 36.4 Å². The lowest BCUT2D eigenvalue weighted by molar-refractivity contribution is 0.477. The third-order valence-electron chi connectivity index (χ3n) is 2.70. The molecule has 104 valence electrons. The van der Waals surface area contributed by atoms with Crippen LogP contribution in [0.2, 0.25) is 10.0 Å². The summed E-state index contributed by atoms with van der Waals surface area (Å²) in [6, 6.07) is 11.0. The van der Waals surface area contributed by atoms with Crippen molar-refractivity contribution >= 4 is 51.9 Å². The number of nitrogens with one attached hydrogen (secondary N) is 2. The Kier molecular flexibility index (Phi) is 4.70. The molecule has 0 aliphatic heterocycles. The van der Waals surface area contributed by atoms with Crippen molar-refractivity contribution in [2.24, 2.45) is 0 Å². The number of phenolic OH excluding ortho intramolecular Hbond substituents is 1. The lowest BCUT2D eigenvalue weighted by atomic mass is 10.2. The lowest BCUT2D eigenvalue weighted by Gasteiger charge is -2.14. The first-order chi connectivity index (χ1) is 9.49. The van der Waals surface area contributed by atoms with Gasteiger partial charge < -0.3 is 15.7 Å². The van der Waals surface area contributed by atoms with E-state index in [1.807, 2.05) is 30.3 Å². The van der Waals surface area contributed by atoms with E-state index in [2.05, 4.69) is 10.6 Å². The number of para-hydroxylation sites is 1. The van der Waals surface area contributed by atoms with E-state index >= 15 is 0 Å². The highest BCUT2D eigenvalue weighted by molar-refractivity contribution is 7.80. The first-order valence-electron chi connectivity index (χ1n) is 5.79. The molecular weight excluding hydrogens is 315 g/mol. The molecule has 3 N–H and O–H groups in total. The van der Waals surface area contributed by atoms with Gasteiger partial charge in [0.2, 0.25) is 0 Å². The van der Waals surface area contributed by atoms with Gasteiger partial charge >= 0.3 is 0 Å². The van der Waals surface area contributed by atoms with Crippen LogP contribution in [0.5, 0.6) is 5.75 Å². The Morgan fingerprint density at radius 2 is 1.80 bits per heavy atom. The van der Waals surface area contributed by atoms with E-state index in [0.29, 0.717) is 21.4 Å². The van der Waals surface area contributed by atoms with E-state index in [4.69, 9.17) is 35.4 Å². The summed E-state index contributed by atoms with van der Waals surface area (Å²) >= 11 is 17.2. The summed E-state index contributed by atoms with van der Waals surface area (Å²) in [7, 11) is 0. The molecule has 0 unspecified atom stereocenters. The van der Waals surface area contributed by atoms with E-state index in [9.17, 15) is 5.11 Å². The van der Waals surface area contributed by atoms with Crippen LogP contribution < -0.4 is 10.6 Å². The predicted molar refractivity (Wildman–Crippen MR) is 89.1 cm³/mol. The van der Waals surface area contributed by atoms with Crippen molar-refractivity contribution in [1.82, 2.24) is 0 Å². The van der Waals surface area contributed by atoms with E-state index < -0.39 is 0 Å². The van der Waals surface area contributed by atoms with Crippen molar-refractivity contribution < 1.29 is 5.11 Å². The fourth-order valence-corrected chi connectivity index (χ4v) is 2.29. The molecule has 0 atom stereocenters. The summed E-state index contributed by atoms with van der Waals surface area (Å²) in [6.45, 7) is 1.73. The predicted octanol–water partition coefficient (Wildman–Crippen LogP) is 4.82. The largest absolute Gasteiger partial charge is 0.504 e. The van der Waals surface area contributed by atoms with Gasteiger partial charge in [-0.15, -0.1) is 0 Å². The molecule has 2 aromatic carbocycles. The first kappa shape index (κ1) is 14.9. The molecule has 0 spiro atoms.